The first kappa shape index (κ1) is 14.4. The third-order valence-electron chi connectivity index (χ3n) is 3.32. The number of hydrogen-bond donors (Lipinski definition) is 1. The van der Waals surface area contributed by atoms with Gasteiger partial charge in [0.2, 0.25) is 0 Å². The number of aromatic nitrogens is 2. The molecule has 2 heterocycles. The van der Waals surface area contributed by atoms with Gasteiger partial charge >= 0.3 is 0 Å². The van der Waals surface area contributed by atoms with Crippen LogP contribution in [0.2, 0.25) is 0 Å². The number of aryl methyl sites for hydroxylation is 1. The average molecular weight is 280 g/mol. The predicted molar refractivity (Wildman–Crippen MR) is 82.5 cm³/mol. The Bertz CT molecular complexity index is 470. The second kappa shape index (κ2) is 5.57. The van der Waals surface area contributed by atoms with E-state index in [1.165, 1.54) is 17.7 Å². The molecular weight excluding hydrogens is 256 g/mol. The van der Waals surface area contributed by atoms with Crippen LogP contribution in [0.5, 0.6) is 0 Å². The smallest absolute Gasteiger partial charge is 0.157 e. The lowest BCUT2D eigenvalue weighted by Gasteiger charge is -2.21. The van der Waals surface area contributed by atoms with Crippen LogP contribution in [0.15, 0.2) is 11.2 Å². The number of nitrogens with one attached hydrogen (secondary N) is 1. The van der Waals surface area contributed by atoms with Crippen LogP contribution >= 0.6 is 11.8 Å². The summed E-state index contributed by atoms with van der Waals surface area (Å²) in [6.45, 7) is 10.7. The first-order valence-corrected chi connectivity index (χ1v) is 7.65. The molecule has 0 aromatic carbocycles. The van der Waals surface area contributed by atoms with Gasteiger partial charge in [0.15, 0.2) is 5.17 Å². The van der Waals surface area contributed by atoms with Crippen molar-refractivity contribution in [1.82, 2.24) is 15.1 Å². The molecular formula is C14H24N4S. The number of thioether (sulfide) groups is 1. The third-order valence-corrected chi connectivity index (χ3v) is 4.47. The Kier molecular flexibility index (Phi) is 4.23. The molecule has 0 fully saturated rings. The Balaban J connectivity index is 1.81. The molecule has 1 aliphatic rings. The maximum Gasteiger partial charge on any atom is 0.157 e. The van der Waals surface area contributed by atoms with E-state index in [0.29, 0.717) is 10.7 Å². The fourth-order valence-electron chi connectivity index (χ4n) is 2.19. The minimum absolute atomic E-state index is 0.378. The molecule has 19 heavy (non-hydrogen) atoms. The summed E-state index contributed by atoms with van der Waals surface area (Å²) in [6.07, 6.45) is 3.13. The average Bonchev–Trinajstić information content (AvgIpc) is 2.84. The number of nitrogens with zero attached hydrogens (tertiary/aromatic N) is 3. The molecule has 0 bridgehead atoms. The second-order valence-corrected chi connectivity index (χ2v) is 7.67. The molecule has 2 rings (SSSR count). The summed E-state index contributed by atoms with van der Waals surface area (Å²) in [5.74, 6) is 0. The quantitative estimate of drug-likeness (QED) is 0.925. The highest BCUT2D eigenvalue weighted by Crippen LogP contribution is 2.31. The van der Waals surface area contributed by atoms with E-state index in [0.717, 1.165) is 18.3 Å². The Hall–Kier alpha value is -0.970. The Morgan fingerprint density at radius 3 is 2.79 bits per heavy atom. The van der Waals surface area contributed by atoms with Gasteiger partial charge in [0.1, 0.15) is 0 Å². The third kappa shape index (κ3) is 4.00. The van der Waals surface area contributed by atoms with E-state index in [1.807, 2.05) is 29.7 Å². The van der Waals surface area contributed by atoms with Gasteiger partial charge in [-0.15, -0.1) is 0 Å². The summed E-state index contributed by atoms with van der Waals surface area (Å²) in [5, 5.41) is 9.39. The molecule has 0 amide bonds. The van der Waals surface area contributed by atoms with Crippen LogP contribution in [-0.2, 0) is 13.6 Å². The largest absolute Gasteiger partial charge is 0.361 e. The van der Waals surface area contributed by atoms with Gasteiger partial charge in [0.25, 0.3) is 0 Å². The molecule has 0 saturated carbocycles. The van der Waals surface area contributed by atoms with Crippen molar-refractivity contribution >= 4 is 16.9 Å². The zero-order valence-electron chi connectivity index (χ0n) is 12.5. The minimum Gasteiger partial charge on any atom is -0.361 e. The molecule has 106 valence electrons. The van der Waals surface area contributed by atoms with Crippen LogP contribution in [-0.4, -0.2) is 26.7 Å². The van der Waals surface area contributed by atoms with Crippen molar-refractivity contribution < 1.29 is 0 Å². The van der Waals surface area contributed by atoms with Crippen LogP contribution in [0.3, 0.4) is 0 Å². The highest BCUT2D eigenvalue weighted by Gasteiger charge is 2.24. The summed E-state index contributed by atoms with van der Waals surface area (Å²) in [7, 11) is 1.97. The first-order chi connectivity index (χ1) is 8.85. The monoisotopic (exact) mass is 280 g/mol. The normalized spacial score (nSPS) is 19.6. The molecule has 1 aromatic rings. The Morgan fingerprint density at radius 1 is 1.47 bits per heavy atom. The second-order valence-electron chi connectivity index (χ2n) is 6.38. The zero-order valence-corrected chi connectivity index (χ0v) is 13.3. The van der Waals surface area contributed by atoms with Crippen molar-refractivity contribution in [2.45, 2.75) is 45.9 Å². The molecule has 0 aliphatic carbocycles. The van der Waals surface area contributed by atoms with Crippen molar-refractivity contribution in [2.24, 2.45) is 17.5 Å². The van der Waals surface area contributed by atoms with Crippen LogP contribution < -0.4 is 5.32 Å². The van der Waals surface area contributed by atoms with Gasteiger partial charge in [-0.1, -0.05) is 32.5 Å². The Labute approximate surface area is 120 Å². The van der Waals surface area contributed by atoms with E-state index in [9.17, 15) is 0 Å². The molecule has 1 aromatic heterocycles. The van der Waals surface area contributed by atoms with Crippen LogP contribution in [0.25, 0.3) is 0 Å². The van der Waals surface area contributed by atoms with Gasteiger partial charge in [0.05, 0.1) is 12.7 Å². The summed E-state index contributed by atoms with van der Waals surface area (Å²) >= 11 is 1.88. The molecule has 0 saturated heterocycles. The fourth-order valence-corrected chi connectivity index (χ4v) is 3.55. The van der Waals surface area contributed by atoms with Gasteiger partial charge in [-0.2, -0.15) is 5.10 Å². The van der Waals surface area contributed by atoms with E-state index >= 15 is 0 Å². The molecule has 1 N–H and O–H groups in total. The Morgan fingerprint density at radius 2 is 2.21 bits per heavy atom. The lowest BCUT2D eigenvalue weighted by molar-refractivity contribution is 0.375. The molecule has 1 atom stereocenters. The molecule has 0 spiro atoms. The summed E-state index contributed by atoms with van der Waals surface area (Å²) in [4.78, 5) is 4.59. The lowest BCUT2D eigenvalue weighted by Crippen LogP contribution is -2.20. The van der Waals surface area contributed by atoms with E-state index in [2.05, 4.69) is 43.1 Å². The molecule has 0 radical (unpaired) electrons. The highest BCUT2D eigenvalue weighted by atomic mass is 32.2. The van der Waals surface area contributed by atoms with E-state index in [1.54, 1.807) is 0 Å². The molecule has 1 unspecified atom stereocenters. The van der Waals surface area contributed by atoms with E-state index in [4.69, 9.17) is 0 Å². The fraction of sp³-hybridized carbons (Fsp3) is 0.714. The van der Waals surface area contributed by atoms with Gasteiger partial charge in [0, 0.05) is 30.1 Å². The van der Waals surface area contributed by atoms with Crippen molar-refractivity contribution in [3.8, 4) is 0 Å². The summed E-state index contributed by atoms with van der Waals surface area (Å²) in [5.41, 5.74) is 2.83. The summed E-state index contributed by atoms with van der Waals surface area (Å²) in [6, 6.07) is 0. The van der Waals surface area contributed by atoms with Crippen LogP contribution in [0.4, 0.5) is 0 Å². The van der Waals surface area contributed by atoms with Gasteiger partial charge in [-0.3, -0.25) is 9.67 Å². The molecule has 4 nitrogen and oxygen atoms in total. The maximum atomic E-state index is 4.59. The topological polar surface area (TPSA) is 42.2 Å². The number of amidine groups is 1. The van der Waals surface area contributed by atoms with Crippen molar-refractivity contribution in [2.75, 3.05) is 6.54 Å². The highest BCUT2D eigenvalue weighted by molar-refractivity contribution is 8.14. The van der Waals surface area contributed by atoms with E-state index in [-0.39, 0.29) is 0 Å². The van der Waals surface area contributed by atoms with Gasteiger partial charge in [-0.25, -0.2) is 0 Å². The molecule has 5 heteroatoms. The molecule has 1 aliphatic heterocycles. The summed E-state index contributed by atoms with van der Waals surface area (Å²) < 4.78 is 1.91. The van der Waals surface area contributed by atoms with Crippen molar-refractivity contribution in [1.29, 1.82) is 0 Å². The SMILES string of the molecule is Cc1c(CNC2=NCC(CC(C)(C)C)S2)cnn1C. The van der Waals surface area contributed by atoms with Crippen LogP contribution in [0.1, 0.15) is 38.4 Å². The van der Waals surface area contributed by atoms with E-state index < -0.39 is 0 Å². The first-order valence-electron chi connectivity index (χ1n) is 6.77. The van der Waals surface area contributed by atoms with Crippen molar-refractivity contribution in [3.63, 3.8) is 0 Å². The van der Waals surface area contributed by atoms with Crippen LogP contribution in [0, 0.1) is 12.3 Å². The predicted octanol–water partition coefficient (Wildman–Crippen LogP) is 2.73. The minimum atomic E-state index is 0.378. The van der Waals surface area contributed by atoms with Gasteiger partial charge < -0.3 is 5.32 Å². The standard InChI is InChI=1S/C14H24N4S/c1-10-11(8-17-18(10)5)7-15-13-16-9-12(19-13)6-14(2,3)4/h8,12H,6-7,9H2,1-5H3,(H,15,16). The zero-order chi connectivity index (χ0) is 14.0. The van der Waals surface area contributed by atoms with Crippen molar-refractivity contribution in [3.05, 3.63) is 17.5 Å². The number of hydrogen-bond acceptors (Lipinski definition) is 4. The number of aliphatic imine (C=N–C) groups is 1. The lowest BCUT2D eigenvalue weighted by atomic mass is 9.90. The maximum absolute atomic E-state index is 4.59. The number of rotatable bonds is 3. The van der Waals surface area contributed by atoms with Gasteiger partial charge in [-0.05, 0) is 18.8 Å².